The van der Waals surface area contributed by atoms with Crippen LogP contribution in [0.4, 0.5) is 0 Å². The summed E-state index contributed by atoms with van der Waals surface area (Å²) in [5.74, 6) is 2.09. The fourth-order valence-electron chi connectivity index (χ4n) is 2.87. The summed E-state index contributed by atoms with van der Waals surface area (Å²) in [6, 6.07) is 14.3. The van der Waals surface area contributed by atoms with Crippen molar-refractivity contribution >= 4 is 18.0 Å². The van der Waals surface area contributed by atoms with Gasteiger partial charge in [-0.1, -0.05) is 56.8 Å². The minimum atomic E-state index is 0.141. The molecule has 7 heteroatoms. The van der Waals surface area contributed by atoms with Crippen LogP contribution in [0.25, 0.3) is 0 Å². The van der Waals surface area contributed by atoms with Crippen LogP contribution in [0.1, 0.15) is 43.3 Å². The molecule has 1 aromatic heterocycles. The summed E-state index contributed by atoms with van der Waals surface area (Å²) in [7, 11) is 1.64. The molecule has 0 spiro atoms. The van der Waals surface area contributed by atoms with Gasteiger partial charge in [0.25, 0.3) is 0 Å². The van der Waals surface area contributed by atoms with Crippen molar-refractivity contribution in [1.82, 2.24) is 14.9 Å². The number of rotatable bonds is 7. The van der Waals surface area contributed by atoms with Gasteiger partial charge in [0, 0.05) is 0 Å². The van der Waals surface area contributed by atoms with Crippen LogP contribution in [0, 0.1) is 6.92 Å². The number of hydrogen-bond acceptors (Lipinski definition) is 6. The molecule has 1 heterocycles. The monoisotopic (exact) mass is 424 g/mol. The average Bonchev–Trinajstić information content (AvgIpc) is 3.10. The van der Waals surface area contributed by atoms with Gasteiger partial charge >= 0.3 is 0 Å². The number of benzene rings is 2. The largest absolute Gasteiger partial charge is 0.493 e. The van der Waals surface area contributed by atoms with Crippen molar-refractivity contribution in [2.24, 2.45) is 5.10 Å². The molecule has 2 aromatic carbocycles. The Kier molecular flexibility index (Phi) is 6.82. The third-order valence-electron chi connectivity index (χ3n) is 4.67. The standard InChI is InChI=1S/C23H28N4O2S/c1-16-25-26-22(30-6)27(16)24-14-18-9-12-20(21(13-18)28-5)29-15-17-7-10-19(11-8-17)23(2,3)4/h7-14H,15H2,1-6H3/b24-14-. The van der Waals surface area contributed by atoms with Crippen LogP contribution in [-0.2, 0) is 12.0 Å². The van der Waals surface area contributed by atoms with Crippen molar-refractivity contribution in [3.63, 3.8) is 0 Å². The number of hydrogen-bond donors (Lipinski definition) is 0. The number of ether oxygens (including phenoxy) is 2. The van der Waals surface area contributed by atoms with Gasteiger partial charge in [-0.05, 0) is 53.5 Å². The van der Waals surface area contributed by atoms with E-state index in [2.05, 4.69) is 60.3 Å². The van der Waals surface area contributed by atoms with Crippen LogP contribution in [0.3, 0.4) is 0 Å². The zero-order valence-corrected chi connectivity index (χ0v) is 19.2. The van der Waals surface area contributed by atoms with E-state index in [0.29, 0.717) is 18.1 Å². The van der Waals surface area contributed by atoms with E-state index in [1.165, 1.54) is 17.3 Å². The highest BCUT2D eigenvalue weighted by atomic mass is 32.2. The van der Waals surface area contributed by atoms with E-state index in [9.17, 15) is 0 Å². The third-order valence-corrected chi connectivity index (χ3v) is 5.29. The van der Waals surface area contributed by atoms with Crippen molar-refractivity contribution in [1.29, 1.82) is 0 Å². The lowest BCUT2D eigenvalue weighted by molar-refractivity contribution is 0.284. The molecule has 6 nitrogen and oxygen atoms in total. The second kappa shape index (κ2) is 9.34. The lowest BCUT2D eigenvalue weighted by Gasteiger charge is -2.19. The van der Waals surface area contributed by atoms with Crippen molar-refractivity contribution in [3.05, 3.63) is 65.0 Å². The van der Waals surface area contributed by atoms with Gasteiger partial charge in [0.15, 0.2) is 17.3 Å². The molecule has 30 heavy (non-hydrogen) atoms. The summed E-state index contributed by atoms with van der Waals surface area (Å²) >= 11 is 1.50. The summed E-state index contributed by atoms with van der Waals surface area (Å²) in [6.45, 7) is 8.98. The Morgan fingerprint density at radius 3 is 2.43 bits per heavy atom. The molecule has 0 unspecified atom stereocenters. The van der Waals surface area contributed by atoms with E-state index in [1.807, 2.05) is 31.4 Å². The molecule has 0 fully saturated rings. The molecule has 0 atom stereocenters. The van der Waals surface area contributed by atoms with E-state index in [1.54, 1.807) is 18.0 Å². The van der Waals surface area contributed by atoms with Gasteiger partial charge in [-0.15, -0.1) is 10.2 Å². The maximum Gasteiger partial charge on any atom is 0.211 e. The first kappa shape index (κ1) is 21.9. The summed E-state index contributed by atoms with van der Waals surface area (Å²) in [4.78, 5) is 0. The van der Waals surface area contributed by atoms with Crippen LogP contribution >= 0.6 is 11.8 Å². The van der Waals surface area contributed by atoms with Crippen molar-refractivity contribution < 1.29 is 9.47 Å². The molecular weight excluding hydrogens is 396 g/mol. The third kappa shape index (κ3) is 5.21. The average molecular weight is 425 g/mol. The number of aromatic nitrogens is 3. The number of nitrogens with zero attached hydrogens (tertiary/aromatic N) is 4. The van der Waals surface area contributed by atoms with Crippen LogP contribution in [-0.4, -0.2) is 34.5 Å². The molecule has 0 aliphatic carbocycles. The second-order valence-electron chi connectivity index (χ2n) is 7.94. The van der Waals surface area contributed by atoms with Gasteiger partial charge in [0.05, 0.1) is 13.3 Å². The van der Waals surface area contributed by atoms with Gasteiger partial charge in [0.2, 0.25) is 5.16 Å². The van der Waals surface area contributed by atoms with E-state index < -0.39 is 0 Å². The zero-order valence-electron chi connectivity index (χ0n) is 18.3. The normalized spacial score (nSPS) is 11.8. The highest BCUT2D eigenvalue weighted by Gasteiger charge is 2.13. The Hall–Kier alpha value is -2.80. The first-order valence-corrected chi connectivity index (χ1v) is 10.9. The van der Waals surface area contributed by atoms with Gasteiger partial charge in [-0.2, -0.15) is 9.78 Å². The molecule has 0 saturated heterocycles. The molecule has 0 N–H and O–H groups in total. The van der Waals surface area contributed by atoms with E-state index in [-0.39, 0.29) is 5.41 Å². The molecule has 0 amide bonds. The molecule has 158 valence electrons. The van der Waals surface area contributed by atoms with Crippen LogP contribution < -0.4 is 9.47 Å². The first-order valence-electron chi connectivity index (χ1n) is 9.72. The fraction of sp³-hybridized carbons (Fsp3) is 0.348. The highest BCUT2D eigenvalue weighted by Crippen LogP contribution is 2.29. The minimum absolute atomic E-state index is 0.141. The summed E-state index contributed by atoms with van der Waals surface area (Å²) in [5.41, 5.74) is 3.46. The van der Waals surface area contributed by atoms with Crippen LogP contribution in [0.15, 0.2) is 52.7 Å². The molecule has 0 radical (unpaired) electrons. The predicted molar refractivity (Wildman–Crippen MR) is 122 cm³/mol. The van der Waals surface area contributed by atoms with Gasteiger partial charge in [0.1, 0.15) is 6.61 Å². The van der Waals surface area contributed by atoms with E-state index in [0.717, 1.165) is 22.1 Å². The zero-order chi connectivity index (χ0) is 21.7. The number of thioether (sulfide) groups is 1. The molecule has 3 rings (SSSR count). The van der Waals surface area contributed by atoms with Gasteiger partial charge < -0.3 is 9.47 Å². The van der Waals surface area contributed by atoms with Crippen molar-refractivity contribution in [2.45, 2.75) is 44.9 Å². The Labute approximate surface area is 182 Å². The molecular formula is C23H28N4O2S. The quantitative estimate of drug-likeness (QED) is 0.391. The maximum atomic E-state index is 6.00. The fourth-order valence-corrected chi connectivity index (χ4v) is 3.34. The predicted octanol–water partition coefficient (Wildman–Crippen LogP) is 5.08. The van der Waals surface area contributed by atoms with E-state index in [4.69, 9.17) is 9.47 Å². The van der Waals surface area contributed by atoms with Crippen LogP contribution in [0.2, 0.25) is 0 Å². The Balaban J connectivity index is 1.71. The van der Waals surface area contributed by atoms with Gasteiger partial charge in [-0.25, -0.2) is 0 Å². The summed E-state index contributed by atoms with van der Waals surface area (Å²) < 4.78 is 13.2. The lowest BCUT2D eigenvalue weighted by atomic mass is 9.87. The lowest BCUT2D eigenvalue weighted by Crippen LogP contribution is -2.10. The topological polar surface area (TPSA) is 61.5 Å². The highest BCUT2D eigenvalue weighted by molar-refractivity contribution is 7.98. The Morgan fingerprint density at radius 1 is 1.07 bits per heavy atom. The molecule has 0 aliphatic rings. The number of methoxy groups -OCH3 is 1. The van der Waals surface area contributed by atoms with Crippen molar-refractivity contribution in [2.75, 3.05) is 13.4 Å². The van der Waals surface area contributed by atoms with E-state index >= 15 is 0 Å². The Bertz CT molecular complexity index is 1020. The maximum absolute atomic E-state index is 6.00. The minimum Gasteiger partial charge on any atom is -0.493 e. The first-order chi connectivity index (χ1) is 14.3. The second-order valence-corrected chi connectivity index (χ2v) is 8.71. The van der Waals surface area contributed by atoms with Crippen LogP contribution in [0.5, 0.6) is 11.5 Å². The molecule has 0 bridgehead atoms. The Morgan fingerprint density at radius 2 is 1.80 bits per heavy atom. The summed E-state index contributed by atoms with van der Waals surface area (Å²) in [5, 5.41) is 13.4. The molecule has 3 aromatic rings. The SMILES string of the molecule is COc1cc(/C=N\n2c(C)nnc2SC)ccc1OCc1ccc(C(C)(C)C)cc1. The molecule has 0 saturated carbocycles. The smallest absolute Gasteiger partial charge is 0.211 e. The molecule has 0 aliphatic heterocycles. The summed E-state index contributed by atoms with van der Waals surface area (Å²) in [6.07, 6.45) is 3.70. The van der Waals surface area contributed by atoms with Crippen molar-refractivity contribution in [3.8, 4) is 11.5 Å². The van der Waals surface area contributed by atoms with Gasteiger partial charge in [-0.3, -0.25) is 0 Å². The number of aryl methyl sites for hydroxylation is 1.